The average molecular weight is 263 g/mol. The van der Waals surface area contributed by atoms with Crippen LogP contribution in [0.1, 0.15) is 32.6 Å². The molecule has 0 spiro atoms. The van der Waals surface area contributed by atoms with Crippen LogP contribution in [0.2, 0.25) is 0 Å². The van der Waals surface area contributed by atoms with Gasteiger partial charge in [-0.15, -0.1) is 0 Å². The highest BCUT2D eigenvalue weighted by molar-refractivity contribution is 9.09. The van der Waals surface area contributed by atoms with Gasteiger partial charge in [-0.25, -0.2) is 0 Å². The maximum atomic E-state index is 6.06. The first-order valence-corrected chi connectivity index (χ1v) is 6.65. The van der Waals surface area contributed by atoms with Crippen molar-refractivity contribution < 1.29 is 9.47 Å². The molecule has 2 fully saturated rings. The van der Waals surface area contributed by atoms with Crippen molar-refractivity contribution in [2.75, 3.05) is 18.5 Å². The van der Waals surface area contributed by atoms with Crippen LogP contribution in [0.4, 0.5) is 0 Å². The van der Waals surface area contributed by atoms with E-state index in [-0.39, 0.29) is 5.60 Å². The molecule has 3 atom stereocenters. The quantitative estimate of drug-likeness (QED) is 0.729. The molecule has 0 N–H and O–H groups in total. The molecule has 14 heavy (non-hydrogen) atoms. The summed E-state index contributed by atoms with van der Waals surface area (Å²) in [5.41, 5.74) is 0.122. The van der Waals surface area contributed by atoms with Crippen molar-refractivity contribution in [3.63, 3.8) is 0 Å². The van der Waals surface area contributed by atoms with E-state index in [0.29, 0.717) is 6.10 Å². The predicted octanol–water partition coefficient (Wildman–Crippen LogP) is 2.75. The van der Waals surface area contributed by atoms with E-state index >= 15 is 0 Å². The molecular formula is C11H19BrO2. The number of alkyl halides is 1. The molecule has 2 aliphatic rings. The third-order valence-electron chi connectivity index (χ3n) is 3.36. The number of halogens is 1. The molecule has 2 rings (SSSR count). The summed E-state index contributed by atoms with van der Waals surface area (Å²) in [6.45, 7) is 4.15. The van der Waals surface area contributed by atoms with Crippen molar-refractivity contribution in [2.24, 2.45) is 5.92 Å². The lowest BCUT2D eigenvalue weighted by Gasteiger charge is -2.27. The zero-order valence-electron chi connectivity index (χ0n) is 8.80. The SMILES string of the molecule is CC1(CC2CCOC2)CCC(CBr)O1. The summed E-state index contributed by atoms with van der Waals surface area (Å²) < 4.78 is 11.5. The second kappa shape index (κ2) is 4.50. The standard InChI is InChI=1S/C11H19BrO2/c1-11(4-2-10(7-12)14-11)6-9-3-5-13-8-9/h9-10H,2-8H2,1H3. The van der Waals surface area contributed by atoms with E-state index < -0.39 is 0 Å². The Morgan fingerprint density at radius 2 is 2.29 bits per heavy atom. The van der Waals surface area contributed by atoms with Crippen molar-refractivity contribution in [1.82, 2.24) is 0 Å². The normalized spacial score (nSPS) is 43.3. The van der Waals surface area contributed by atoms with E-state index in [4.69, 9.17) is 9.47 Å². The largest absolute Gasteiger partial charge is 0.381 e. The van der Waals surface area contributed by atoms with Gasteiger partial charge in [-0.2, -0.15) is 0 Å². The van der Waals surface area contributed by atoms with E-state index in [2.05, 4.69) is 22.9 Å². The molecule has 0 amide bonds. The first-order valence-electron chi connectivity index (χ1n) is 5.53. The Morgan fingerprint density at radius 3 is 2.86 bits per heavy atom. The lowest BCUT2D eigenvalue weighted by molar-refractivity contribution is -0.0345. The topological polar surface area (TPSA) is 18.5 Å². The Bertz CT molecular complexity index is 192. The third-order valence-corrected chi connectivity index (χ3v) is 4.09. The average Bonchev–Trinajstić information content (AvgIpc) is 2.76. The molecule has 0 aliphatic carbocycles. The molecule has 0 radical (unpaired) electrons. The van der Waals surface area contributed by atoms with Crippen LogP contribution in [0, 0.1) is 5.92 Å². The lowest BCUT2D eigenvalue weighted by atomic mass is 9.89. The van der Waals surface area contributed by atoms with Crippen molar-refractivity contribution in [3.05, 3.63) is 0 Å². The minimum atomic E-state index is 0.122. The van der Waals surface area contributed by atoms with Gasteiger partial charge in [0.25, 0.3) is 0 Å². The van der Waals surface area contributed by atoms with Crippen molar-refractivity contribution in [1.29, 1.82) is 0 Å². The van der Waals surface area contributed by atoms with Gasteiger partial charge < -0.3 is 9.47 Å². The van der Waals surface area contributed by atoms with Crippen LogP contribution in [-0.2, 0) is 9.47 Å². The van der Waals surface area contributed by atoms with E-state index in [1.54, 1.807) is 0 Å². The van der Waals surface area contributed by atoms with Gasteiger partial charge in [0.15, 0.2) is 0 Å². The van der Waals surface area contributed by atoms with Crippen LogP contribution in [0.15, 0.2) is 0 Å². The fraction of sp³-hybridized carbons (Fsp3) is 1.00. The maximum absolute atomic E-state index is 6.06. The summed E-state index contributed by atoms with van der Waals surface area (Å²) in [6.07, 6.45) is 5.24. The fourth-order valence-corrected chi connectivity index (χ4v) is 3.06. The summed E-state index contributed by atoms with van der Waals surface area (Å²) in [5, 5.41) is 0.976. The zero-order chi connectivity index (χ0) is 10.0. The van der Waals surface area contributed by atoms with Gasteiger partial charge in [-0.05, 0) is 38.5 Å². The van der Waals surface area contributed by atoms with Crippen LogP contribution in [0.25, 0.3) is 0 Å². The predicted molar refractivity (Wildman–Crippen MR) is 59.8 cm³/mol. The maximum Gasteiger partial charge on any atom is 0.0680 e. The highest BCUT2D eigenvalue weighted by Gasteiger charge is 2.37. The van der Waals surface area contributed by atoms with Crippen LogP contribution >= 0.6 is 15.9 Å². The van der Waals surface area contributed by atoms with E-state index in [0.717, 1.165) is 24.5 Å². The molecule has 2 nitrogen and oxygen atoms in total. The summed E-state index contributed by atoms with van der Waals surface area (Å²) in [6, 6.07) is 0. The third kappa shape index (κ3) is 2.50. The van der Waals surface area contributed by atoms with Gasteiger partial charge >= 0.3 is 0 Å². The molecule has 3 heteroatoms. The zero-order valence-corrected chi connectivity index (χ0v) is 10.4. The number of hydrogen-bond donors (Lipinski definition) is 0. The fourth-order valence-electron chi connectivity index (χ4n) is 2.60. The van der Waals surface area contributed by atoms with E-state index in [1.165, 1.54) is 25.7 Å². The highest BCUT2D eigenvalue weighted by Crippen LogP contribution is 2.37. The number of rotatable bonds is 3. The Balaban J connectivity index is 1.83. The smallest absolute Gasteiger partial charge is 0.0680 e. The molecule has 0 saturated carbocycles. The summed E-state index contributed by atoms with van der Waals surface area (Å²) in [7, 11) is 0. The molecule has 2 heterocycles. The number of ether oxygens (including phenoxy) is 2. The summed E-state index contributed by atoms with van der Waals surface area (Å²) in [4.78, 5) is 0. The molecule has 0 aromatic rings. The molecular weight excluding hydrogens is 244 g/mol. The Hall–Kier alpha value is 0.400. The highest BCUT2D eigenvalue weighted by atomic mass is 79.9. The van der Waals surface area contributed by atoms with Crippen molar-refractivity contribution in [2.45, 2.75) is 44.3 Å². The van der Waals surface area contributed by atoms with Crippen LogP contribution in [0.3, 0.4) is 0 Å². The van der Waals surface area contributed by atoms with E-state index in [9.17, 15) is 0 Å². The van der Waals surface area contributed by atoms with Gasteiger partial charge in [-0.1, -0.05) is 15.9 Å². The molecule has 0 aromatic carbocycles. The van der Waals surface area contributed by atoms with Gasteiger partial charge in [0.05, 0.1) is 11.7 Å². The van der Waals surface area contributed by atoms with Gasteiger partial charge in [0.1, 0.15) is 0 Å². The molecule has 3 unspecified atom stereocenters. The van der Waals surface area contributed by atoms with Crippen LogP contribution in [0.5, 0.6) is 0 Å². The second-order valence-electron chi connectivity index (χ2n) is 4.82. The second-order valence-corrected chi connectivity index (χ2v) is 5.46. The van der Waals surface area contributed by atoms with Crippen molar-refractivity contribution >= 4 is 15.9 Å². The summed E-state index contributed by atoms with van der Waals surface area (Å²) in [5.74, 6) is 0.731. The van der Waals surface area contributed by atoms with Crippen LogP contribution in [-0.4, -0.2) is 30.2 Å². The minimum absolute atomic E-state index is 0.122. The number of hydrogen-bond acceptors (Lipinski definition) is 2. The lowest BCUT2D eigenvalue weighted by Crippen LogP contribution is -2.28. The monoisotopic (exact) mass is 262 g/mol. The molecule has 82 valence electrons. The van der Waals surface area contributed by atoms with Gasteiger partial charge in [0, 0.05) is 18.5 Å². The van der Waals surface area contributed by atoms with Crippen LogP contribution < -0.4 is 0 Å². The first kappa shape index (κ1) is 10.9. The molecule has 2 aliphatic heterocycles. The molecule has 2 saturated heterocycles. The first-order chi connectivity index (χ1) is 6.72. The van der Waals surface area contributed by atoms with Gasteiger partial charge in [-0.3, -0.25) is 0 Å². The van der Waals surface area contributed by atoms with E-state index in [1.807, 2.05) is 0 Å². The summed E-state index contributed by atoms with van der Waals surface area (Å²) >= 11 is 3.49. The Kier molecular flexibility index (Phi) is 3.50. The Labute approximate surface area is 94.5 Å². The van der Waals surface area contributed by atoms with Gasteiger partial charge in [0.2, 0.25) is 0 Å². The Morgan fingerprint density at radius 1 is 1.43 bits per heavy atom. The molecule has 0 bridgehead atoms. The minimum Gasteiger partial charge on any atom is -0.381 e. The molecule has 0 aromatic heterocycles. The van der Waals surface area contributed by atoms with Crippen molar-refractivity contribution in [3.8, 4) is 0 Å².